The number of aromatic nitrogens is 1. The molecular formula is C12H15Cl3N2O3. The molecule has 0 aliphatic carbocycles. The molecule has 1 rings (SSSR count). The summed E-state index contributed by atoms with van der Waals surface area (Å²) < 4.78 is 4.23. The Morgan fingerprint density at radius 1 is 1.35 bits per heavy atom. The summed E-state index contributed by atoms with van der Waals surface area (Å²) in [5, 5.41) is 0. The lowest BCUT2D eigenvalue weighted by molar-refractivity contribution is 0.0588. The Morgan fingerprint density at radius 2 is 1.95 bits per heavy atom. The summed E-state index contributed by atoms with van der Waals surface area (Å²) >= 11 is 16.7. The van der Waals surface area contributed by atoms with Crippen LogP contribution in [0.1, 0.15) is 20.8 Å². The second kappa shape index (κ2) is 6.80. The number of nitrogens with zero attached hydrogens (tertiary/aromatic N) is 2. The quantitative estimate of drug-likeness (QED) is 0.469. The zero-order chi connectivity index (χ0) is 15.5. The van der Waals surface area contributed by atoms with E-state index in [2.05, 4.69) is 4.74 Å². The first-order valence-electron chi connectivity index (χ1n) is 5.71. The van der Waals surface area contributed by atoms with E-state index < -0.39 is 15.5 Å². The number of carbonyl (C=O) groups excluding carboxylic acids is 2. The van der Waals surface area contributed by atoms with Gasteiger partial charge in [-0.2, -0.15) is 0 Å². The van der Waals surface area contributed by atoms with Crippen molar-refractivity contribution in [2.75, 3.05) is 27.7 Å². The van der Waals surface area contributed by atoms with Crippen molar-refractivity contribution >= 4 is 46.6 Å². The Labute approximate surface area is 132 Å². The van der Waals surface area contributed by atoms with Crippen molar-refractivity contribution in [3.05, 3.63) is 23.5 Å². The van der Waals surface area contributed by atoms with Gasteiger partial charge < -0.3 is 14.2 Å². The number of halogens is 3. The maximum atomic E-state index is 11.9. The van der Waals surface area contributed by atoms with E-state index in [-0.39, 0.29) is 11.3 Å². The maximum absolute atomic E-state index is 11.9. The van der Waals surface area contributed by atoms with Crippen LogP contribution in [0.3, 0.4) is 0 Å². The van der Waals surface area contributed by atoms with E-state index in [0.29, 0.717) is 13.1 Å². The first kappa shape index (κ1) is 17.3. The summed E-state index contributed by atoms with van der Waals surface area (Å²) in [7, 11) is 5.06. The van der Waals surface area contributed by atoms with Crippen molar-refractivity contribution in [2.45, 2.75) is 10.3 Å². The summed E-state index contributed by atoms with van der Waals surface area (Å²) in [6.07, 6.45) is 1.49. The standard InChI is InChI=1S/C12H15Cl3N2O3/c1-16(2)4-5-17-7-8(10(18)12(13,14)15)6-9(17)11(19)20-3/h6-7H,4-5H2,1-3H3. The zero-order valence-electron chi connectivity index (χ0n) is 11.3. The molecular weight excluding hydrogens is 327 g/mol. The van der Waals surface area contributed by atoms with Crippen LogP contribution in [0.5, 0.6) is 0 Å². The average molecular weight is 342 g/mol. The lowest BCUT2D eigenvalue weighted by Gasteiger charge is -2.12. The number of Topliss-reactive ketones (excluding diaryl/α,β-unsaturated/α-hetero) is 1. The summed E-state index contributed by atoms with van der Waals surface area (Å²) in [6.45, 7) is 1.19. The summed E-state index contributed by atoms with van der Waals surface area (Å²) in [5.74, 6) is -1.23. The van der Waals surface area contributed by atoms with E-state index in [1.165, 1.54) is 19.4 Å². The number of ketones is 1. The number of hydrogen-bond donors (Lipinski definition) is 0. The third-order valence-corrected chi connectivity index (χ3v) is 3.11. The van der Waals surface area contributed by atoms with Crippen LogP contribution in [0.25, 0.3) is 0 Å². The number of rotatable bonds is 5. The third-order valence-electron chi connectivity index (χ3n) is 2.60. The highest BCUT2D eigenvalue weighted by atomic mass is 35.6. The average Bonchev–Trinajstić information content (AvgIpc) is 2.77. The van der Waals surface area contributed by atoms with Crippen molar-refractivity contribution in [1.82, 2.24) is 9.47 Å². The lowest BCUT2D eigenvalue weighted by atomic mass is 10.2. The van der Waals surface area contributed by atoms with Crippen LogP contribution in [0.2, 0.25) is 0 Å². The molecule has 0 aliphatic heterocycles. The van der Waals surface area contributed by atoms with Gasteiger partial charge in [0.1, 0.15) is 5.69 Å². The van der Waals surface area contributed by atoms with Gasteiger partial charge >= 0.3 is 5.97 Å². The number of carbonyl (C=O) groups is 2. The monoisotopic (exact) mass is 340 g/mol. The lowest BCUT2D eigenvalue weighted by Crippen LogP contribution is -2.20. The van der Waals surface area contributed by atoms with E-state index in [1.807, 2.05) is 19.0 Å². The topological polar surface area (TPSA) is 51.5 Å². The van der Waals surface area contributed by atoms with Crippen LogP contribution < -0.4 is 0 Å². The van der Waals surface area contributed by atoms with Gasteiger partial charge in [-0.15, -0.1) is 0 Å². The van der Waals surface area contributed by atoms with Gasteiger partial charge in [-0.25, -0.2) is 4.79 Å². The second-order valence-corrected chi connectivity index (χ2v) is 6.71. The molecule has 0 aliphatic rings. The Hall–Kier alpha value is -0.750. The summed E-state index contributed by atoms with van der Waals surface area (Å²) in [4.78, 5) is 25.5. The molecule has 0 spiro atoms. The van der Waals surface area contributed by atoms with Gasteiger partial charge in [-0.1, -0.05) is 34.8 Å². The van der Waals surface area contributed by atoms with Crippen molar-refractivity contribution < 1.29 is 14.3 Å². The first-order valence-corrected chi connectivity index (χ1v) is 6.85. The van der Waals surface area contributed by atoms with Crippen molar-refractivity contribution in [3.8, 4) is 0 Å². The minimum atomic E-state index is -2.05. The molecule has 5 nitrogen and oxygen atoms in total. The molecule has 0 bridgehead atoms. The Morgan fingerprint density at radius 3 is 2.40 bits per heavy atom. The number of ether oxygens (including phenoxy) is 1. The van der Waals surface area contributed by atoms with E-state index in [4.69, 9.17) is 34.8 Å². The second-order valence-electron chi connectivity index (χ2n) is 4.43. The number of esters is 1. The van der Waals surface area contributed by atoms with Crippen molar-refractivity contribution in [3.63, 3.8) is 0 Å². The number of methoxy groups -OCH3 is 1. The zero-order valence-corrected chi connectivity index (χ0v) is 13.6. The molecule has 0 amide bonds. The van der Waals surface area contributed by atoms with Crippen LogP contribution >= 0.6 is 34.8 Å². The third kappa shape index (κ3) is 4.38. The Kier molecular flexibility index (Phi) is 5.89. The molecule has 0 fully saturated rings. The molecule has 0 N–H and O–H groups in total. The van der Waals surface area contributed by atoms with Gasteiger partial charge in [0.05, 0.1) is 7.11 Å². The maximum Gasteiger partial charge on any atom is 0.354 e. The largest absolute Gasteiger partial charge is 0.464 e. The molecule has 1 aromatic rings. The molecule has 0 unspecified atom stereocenters. The molecule has 1 aromatic heterocycles. The molecule has 112 valence electrons. The molecule has 0 aromatic carbocycles. The minimum absolute atomic E-state index is 0.157. The van der Waals surface area contributed by atoms with Gasteiger partial charge in [0.15, 0.2) is 0 Å². The Balaban J connectivity index is 3.12. The van der Waals surface area contributed by atoms with Gasteiger partial charge in [0.2, 0.25) is 5.78 Å². The van der Waals surface area contributed by atoms with Crippen LogP contribution in [0.15, 0.2) is 12.3 Å². The highest BCUT2D eigenvalue weighted by Crippen LogP contribution is 2.31. The van der Waals surface area contributed by atoms with E-state index in [1.54, 1.807) is 4.57 Å². The fourth-order valence-corrected chi connectivity index (χ4v) is 1.89. The molecule has 1 heterocycles. The SMILES string of the molecule is COC(=O)c1cc(C(=O)C(Cl)(Cl)Cl)cn1CCN(C)C. The van der Waals surface area contributed by atoms with Crippen LogP contribution in [0.4, 0.5) is 0 Å². The first-order chi connectivity index (χ1) is 9.16. The summed E-state index contributed by atoms with van der Waals surface area (Å²) in [5.41, 5.74) is 0.399. The molecule has 0 saturated carbocycles. The van der Waals surface area contributed by atoms with Gasteiger partial charge in [0.25, 0.3) is 3.79 Å². The number of likely N-dealkylation sites (N-methyl/N-ethyl adjacent to an activating group) is 1. The number of alkyl halides is 3. The summed E-state index contributed by atoms with van der Waals surface area (Å²) in [6, 6.07) is 1.37. The van der Waals surface area contributed by atoms with E-state index in [9.17, 15) is 9.59 Å². The van der Waals surface area contributed by atoms with E-state index in [0.717, 1.165) is 0 Å². The van der Waals surface area contributed by atoms with Crippen LogP contribution in [-0.2, 0) is 11.3 Å². The molecule has 0 saturated heterocycles. The van der Waals surface area contributed by atoms with Crippen LogP contribution in [-0.4, -0.2) is 52.8 Å². The molecule has 8 heteroatoms. The predicted octanol–water partition coefficient (Wildman–Crippen LogP) is 2.39. The Bertz CT molecular complexity index is 507. The molecule has 20 heavy (non-hydrogen) atoms. The van der Waals surface area contributed by atoms with E-state index >= 15 is 0 Å². The van der Waals surface area contributed by atoms with Crippen molar-refractivity contribution in [1.29, 1.82) is 0 Å². The highest BCUT2D eigenvalue weighted by molar-refractivity contribution is 6.77. The van der Waals surface area contributed by atoms with Crippen molar-refractivity contribution in [2.24, 2.45) is 0 Å². The predicted molar refractivity (Wildman–Crippen MR) is 78.9 cm³/mol. The smallest absolute Gasteiger partial charge is 0.354 e. The van der Waals surface area contributed by atoms with Crippen LogP contribution in [0, 0.1) is 0 Å². The molecule has 0 radical (unpaired) electrons. The minimum Gasteiger partial charge on any atom is -0.464 e. The highest BCUT2D eigenvalue weighted by Gasteiger charge is 2.33. The number of hydrogen-bond acceptors (Lipinski definition) is 4. The van der Waals surface area contributed by atoms with Gasteiger partial charge in [-0.3, -0.25) is 4.79 Å². The normalized spacial score (nSPS) is 11.8. The molecule has 0 atom stereocenters. The van der Waals surface area contributed by atoms with Gasteiger partial charge in [0, 0.05) is 24.8 Å². The van der Waals surface area contributed by atoms with Gasteiger partial charge in [-0.05, 0) is 20.2 Å². The fraction of sp³-hybridized carbons (Fsp3) is 0.500. The fourth-order valence-electron chi connectivity index (χ4n) is 1.57.